The fourth-order valence-corrected chi connectivity index (χ4v) is 2.51. The lowest BCUT2D eigenvalue weighted by atomic mass is 9.96. The van der Waals surface area contributed by atoms with Gasteiger partial charge in [0.2, 0.25) is 0 Å². The van der Waals surface area contributed by atoms with Crippen LogP contribution in [0, 0.1) is 0 Å². The van der Waals surface area contributed by atoms with E-state index in [9.17, 15) is 25.5 Å². The average Bonchev–Trinajstić information content (AvgIpc) is 2.53. The van der Waals surface area contributed by atoms with Gasteiger partial charge in [-0.25, -0.2) is 0 Å². The molecule has 0 fully saturated rings. The van der Waals surface area contributed by atoms with Crippen molar-refractivity contribution >= 4 is 0 Å². The van der Waals surface area contributed by atoms with Crippen molar-refractivity contribution in [2.45, 2.75) is 32.8 Å². The minimum Gasteiger partial charge on any atom is -0.508 e. The highest BCUT2D eigenvalue weighted by Gasteiger charge is 2.25. The number of benzene rings is 2. The number of phenols is 5. The monoisotopic (exact) mass is 320 g/mol. The van der Waals surface area contributed by atoms with Gasteiger partial charge in [-0.2, -0.15) is 0 Å². The molecule has 0 unspecified atom stereocenters. The van der Waals surface area contributed by atoms with Gasteiger partial charge in [0.25, 0.3) is 0 Å². The molecule has 0 amide bonds. The molecule has 6 nitrogen and oxygen atoms in total. The molecule has 0 aliphatic carbocycles. The van der Waals surface area contributed by atoms with E-state index in [2.05, 4.69) is 0 Å². The molecule has 2 aromatic rings. The Bertz CT molecular complexity index is 687. The molecule has 1 atom stereocenters. The van der Waals surface area contributed by atoms with Gasteiger partial charge >= 0.3 is 0 Å². The van der Waals surface area contributed by atoms with Crippen LogP contribution in [0.1, 0.15) is 37.5 Å². The van der Waals surface area contributed by atoms with Crippen molar-refractivity contribution < 1.29 is 30.3 Å². The van der Waals surface area contributed by atoms with Gasteiger partial charge in [0.1, 0.15) is 23.4 Å². The van der Waals surface area contributed by atoms with Crippen molar-refractivity contribution in [3.63, 3.8) is 0 Å². The molecular weight excluding hydrogens is 300 g/mol. The zero-order chi connectivity index (χ0) is 17.1. The lowest BCUT2D eigenvalue weighted by molar-refractivity contribution is 0.173. The Balaban J connectivity index is 0.000000924. The number of ether oxygens (including phenoxy) is 1. The van der Waals surface area contributed by atoms with Crippen LogP contribution in [-0.2, 0) is 6.42 Å². The molecule has 6 heteroatoms. The molecule has 0 saturated heterocycles. The van der Waals surface area contributed by atoms with E-state index in [1.54, 1.807) is 0 Å². The van der Waals surface area contributed by atoms with E-state index in [1.807, 2.05) is 13.8 Å². The second-order valence-electron chi connectivity index (χ2n) is 4.99. The van der Waals surface area contributed by atoms with Gasteiger partial charge in [-0.05, 0) is 30.5 Å². The summed E-state index contributed by atoms with van der Waals surface area (Å²) in [6.45, 7) is 4.00. The Morgan fingerprint density at radius 1 is 0.870 bits per heavy atom. The number of hydrogen-bond donors (Lipinski definition) is 5. The van der Waals surface area contributed by atoms with E-state index < -0.39 is 23.4 Å². The predicted molar refractivity (Wildman–Crippen MR) is 84.2 cm³/mol. The first-order chi connectivity index (χ1) is 11.0. The molecule has 124 valence electrons. The first-order valence-corrected chi connectivity index (χ1v) is 7.42. The number of aromatic hydroxyl groups is 5. The summed E-state index contributed by atoms with van der Waals surface area (Å²) in [6, 6.07) is 5.28. The molecule has 0 saturated carbocycles. The molecule has 1 aliphatic heterocycles. The zero-order valence-electron chi connectivity index (χ0n) is 12.9. The lowest BCUT2D eigenvalue weighted by Crippen LogP contribution is -2.15. The fourth-order valence-electron chi connectivity index (χ4n) is 2.51. The summed E-state index contributed by atoms with van der Waals surface area (Å²) in [5, 5.41) is 47.7. The SMILES string of the molecule is CC.Oc1cc(O)c2c(c1)O[C@H](c1cc(O)c(O)c(O)c1)CC2. The topological polar surface area (TPSA) is 110 Å². The van der Waals surface area contributed by atoms with Crippen LogP contribution in [-0.4, -0.2) is 25.5 Å². The molecule has 0 bridgehead atoms. The molecular formula is C17H20O6. The Hall–Kier alpha value is -2.76. The first kappa shape index (κ1) is 16.6. The van der Waals surface area contributed by atoms with Crippen molar-refractivity contribution in [2.24, 2.45) is 0 Å². The van der Waals surface area contributed by atoms with Crippen LogP contribution in [0.4, 0.5) is 0 Å². The van der Waals surface area contributed by atoms with Gasteiger partial charge < -0.3 is 30.3 Å². The van der Waals surface area contributed by atoms with Crippen molar-refractivity contribution in [1.29, 1.82) is 0 Å². The predicted octanol–water partition coefficient (Wildman–Crippen LogP) is 3.31. The van der Waals surface area contributed by atoms with E-state index in [-0.39, 0.29) is 11.5 Å². The summed E-state index contributed by atoms with van der Waals surface area (Å²) >= 11 is 0. The Labute approximate surface area is 133 Å². The molecule has 0 aromatic heterocycles. The third-order valence-corrected chi connectivity index (χ3v) is 3.56. The summed E-state index contributed by atoms with van der Waals surface area (Å²) < 4.78 is 5.71. The van der Waals surface area contributed by atoms with Gasteiger partial charge in [-0.3, -0.25) is 0 Å². The van der Waals surface area contributed by atoms with Gasteiger partial charge in [0, 0.05) is 17.7 Å². The van der Waals surface area contributed by atoms with Crippen LogP contribution < -0.4 is 4.74 Å². The first-order valence-electron chi connectivity index (χ1n) is 7.42. The summed E-state index contributed by atoms with van der Waals surface area (Å²) in [7, 11) is 0. The molecule has 0 radical (unpaired) electrons. The fraction of sp³-hybridized carbons (Fsp3) is 0.294. The molecule has 3 rings (SSSR count). The molecule has 2 aromatic carbocycles. The van der Waals surface area contributed by atoms with Crippen molar-refractivity contribution in [2.75, 3.05) is 0 Å². The van der Waals surface area contributed by atoms with E-state index in [0.29, 0.717) is 29.7 Å². The minimum absolute atomic E-state index is 0.0279. The third kappa shape index (κ3) is 3.21. The second-order valence-corrected chi connectivity index (χ2v) is 4.99. The summed E-state index contributed by atoms with van der Waals surface area (Å²) in [6.07, 6.45) is 0.583. The number of hydrogen-bond acceptors (Lipinski definition) is 6. The highest BCUT2D eigenvalue weighted by molar-refractivity contribution is 5.53. The second kappa shape index (κ2) is 6.56. The molecule has 23 heavy (non-hydrogen) atoms. The van der Waals surface area contributed by atoms with Gasteiger partial charge in [0.05, 0.1) is 0 Å². The smallest absolute Gasteiger partial charge is 0.200 e. The normalized spacial score (nSPS) is 15.8. The molecule has 1 aliphatic rings. The molecule has 1 heterocycles. The molecule has 0 spiro atoms. The Morgan fingerprint density at radius 2 is 1.48 bits per heavy atom. The van der Waals surface area contributed by atoms with Crippen molar-refractivity contribution in [3.05, 3.63) is 35.4 Å². The number of fused-ring (bicyclic) bond motifs is 1. The largest absolute Gasteiger partial charge is 0.508 e. The van der Waals surface area contributed by atoms with E-state index in [4.69, 9.17) is 4.74 Å². The van der Waals surface area contributed by atoms with Crippen LogP contribution >= 0.6 is 0 Å². The van der Waals surface area contributed by atoms with Crippen molar-refractivity contribution in [1.82, 2.24) is 0 Å². The maximum absolute atomic E-state index is 9.77. The highest BCUT2D eigenvalue weighted by Crippen LogP contribution is 2.44. The Morgan fingerprint density at radius 3 is 2.09 bits per heavy atom. The van der Waals surface area contributed by atoms with Gasteiger partial charge in [0.15, 0.2) is 17.2 Å². The summed E-state index contributed by atoms with van der Waals surface area (Å²) in [5.41, 5.74) is 1.10. The summed E-state index contributed by atoms with van der Waals surface area (Å²) in [4.78, 5) is 0. The van der Waals surface area contributed by atoms with Crippen molar-refractivity contribution in [3.8, 4) is 34.5 Å². The van der Waals surface area contributed by atoms with Crippen LogP contribution in [0.2, 0.25) is 0 Å². The number of rotatable bonds is 1. The van der Waals surface area contributed by atoms with E-state index in [0.717, 1.165) is 0 Å². The minimum atomic E-state index is -0.578. The standard InChI is InChI=1S/C15H14O6.C2H6/c16-8-5-10(17)9-1-2-13(21-14(9)6-8)7-3-11(18)15(20)12(19)4-7;1-2/h3-6,13,16-20H,1-2H2;1-2H3/t13-;/m0./s1. The zero-order valence-corrected chi connectivity index (χ0v) is 12.9. The van der Waals surface area contributed by atoms with Gasteiger partial charge in [-0.1, -0.05) is 13.8 Å². The third-order valence-electron chi connectivity index (χ3n) is 3.56. The lowest BCUT2D eigenvalue weighted by Gasteiger charge is -2.27. The average molecular weight is 320 g/mol. The van der Waals surface area contributed by atoms with E-state index >= 15 is 0 Å². The van der Waals surface area contributed by atoms with Crippen LogP contribution in [0.3, 0.4) is 0 Å². The van der Waals surface area contributed by atoms with Crippen LogP contribution in [0.5, 0.6) is 34.5 Å². The van der Waals surface area contributed by atoms with Crippen LogP contribution in [0.15, 0.2) is 24.3 Å². The summed E-state index contributed by atoms with van der Waals surface area (Å²) in [5.74, 6) is -1.22. The quantitative estimate of drug-likeness (QED) is 0.516. The maximum Gasteiger partial charge on any atom is 0.200 e. The number of phenolic OH excluding ortho intramolecular Hbond substituents is 5. The Kier molecular flexibility index (Phi) is 4.74. The van der Waals surface area contributed by atoms with E-state index in [1.165, 1.54) is 24.3 Å². The molecule has 5 N–H and O–H groups in total. The van der Waals surface area contributed by atoms with Gasteiger partial charge in [-0.15, -0.1) is 0 Å². The highest BCUT2D eigenvalue weighted by atomic mass is 16.5. The maximum atomic E-state index is 9.77. The van der Waals surface area contributed by atoms with Crippen LogP contribution in [0.25, 0.3) is 0 Å².